The summed E-state index contributed by atoms with van der Waals surface area (Å²) < 4.78 is 4.93. The monoisotopic (exact) mass is 319 g/mol. The molecule has 2 N–H and O–H groups in total. The van der Waals surface area contributed by atoms with E-state index in [0.717, 1.165) is 29.4 Å². The van der Waals surface area contributed by atoms with Gasteiger partial charge in [0.1, 0.15) is 5.01 Å². The van der Waals surface area contributed by atoms with Gasteiger partial charge in [-0.15, -0.1) is 11.3 Å². The van der Waals surface area contributed by atoms with Crippen molar-refractivity contribution in [1.29, 1.82) is 0 Å². The average molecular weight is 319 g/mol. The number of aromatic nitrogens is 1. The van der Waals surface area contributed by atoms with E-state index in [4.69, 9.17) is 4.74 Å². The van der Waals surface area contributed by atoms with Gasteiger partial charge in [0.2, 0.25) is 5.91 Å². The average Bonchev–Trinajstić information content (AvgIpc) is 3.00. The first-order valence-electron chi connectivity index (χ1n) is 7.26. The van der Waals surface area contributed by atoms with E-state index >= 15 is 0 Å². The molecule has 0 aliphatic heterocycles. The SMILES string of the molecule is COCCNCCNC(=O)Cc1csc(-c2ccccc2)n1. The molecule has 1 aromatic carbocycles. The summed E-state index contributed by atoms with van der Waals surface area (Å²) in [4.78, 5) is 16.4. The van der Waals surface area contributed by atoms with Crippen molar-refractivity contribution in [3.05, 3.63) is 41.4 Å². The second kappa shape index (κ2) is 9.30. The fourth-order valence-corrected chi connectivity index (χ4v) is 2.74. The Hall–Kier alpha value is -1.76. The van der Waals surface area contributed by atoms with Crippen molar-refractivity contribution in [2.45, 2.75) is 6.42 Å². The molecule has 0 bridgehead atoms. The van der Waals surface area contributed by atoms with Crippen LogP contribution >= 0.6 is 11.3 Å². The van der Waals surface area contributed by atoms with Crippen LogP contribution in [0.5, 0.6) is 0 Å². The van der Waals surface area contributed by atoms with Crippen LogP contribution in [0.4, 0.5) is 0 Å². The van der Waals surface area contributed by atoms with Crippen LogP contribution in [0.1, 0.15) is 5.69 Å². The van der Waals surface area contributed by atoms with Crippen molar-refractivity contribution in [3.63, 3.8) is 0 Å². The van der Waals surface area contributed by atoms with Crippen molar-refractivity contribution in [3.8, 4) is 10.6 Å². The summed E-state index contributed by atoms with van der Waals surface area (Å²) >= 11 is 1.56. The van der Waals surface area contributed by atoms with Crippen molar-refractivity contribution in [2.24, 2.45) is 0 Å². The van der Waals surface area contributed by atoms with Crippen LogP contribution in [0.25, 0.3) is 10.6 Å². The zero-order chi connectivity index (χ0) is 15.6. The second-order valence-electron chi connectivity index (χ2n) is 4.78. The Morgan fingerprint density at radius 1 is 1.23 bits per heavy atom. The van der Waals surface area contributed by atoms with E-state index in [0.29, 0.717) is 19.6 Å². The second-order valence-corrected chi connectivity index (χ2v) is 5.64. The Labute approximate surface area is 134 Å². The van der Waals surface area contributed by atoms with Gasteiger partial charge in [-0.3, -0.25) is 4.79 Å². The van der Waals surface area contributed by atoms with Crippen LogP contribution in [0.3, 0.4) is 0 Å². The molecule has 1 aromatic heterocycles. The third-order valence-electron chi connectivity index (χ3n) is 3.02. The highest BCUT2D eigenvalue weighted by molar-refractivity contribution is 7.13. The molecular formula is C16H21N3O2S. The molecule has 1 amide bonds. The number of nitrogens with one attached hydrogen (secondary N) is 2. The molecule has 0 atom stereocenters. The highest BCUT2D eigenvalue weighted by atomic mass is 32.1. The molecule has 6 heteroatoms. The molecule has 0 aliphatic rings. The van der Waals surface area contributed by atoms with E-state index in [-0.39, 0.29) is 5.91 Å². The maximum atomic E-state index is 11.8. The number of amides is 1. The number of carbonyl (C=O) groups excluding carboxylic acids is 1. The maximum absolute atomic E-state index is 11.8. The number of rotatable bonds is 9. The van der Waals surface area contributed by atoms with Crippen molar-refractivity contribution < 1.29 is 9.53 Å². The number of thiazole rings is 1. The molecule has 2 rings (SSSR count). The zero-order valence-electron chi connectivity index (χ0n) is 12.7. The Bertz CT molecular complexity index is 572. The minimum atomic E-state index is -0.00143. The van der Waals surface area contributed by atoms with Gasteiger partial charge in [-0.2, -0.15) is 0 Å². The van der Waals surface area contributed by atoms with E-state index in [1.165, 1.54) is 0 Å². The molecule has 0 aliphatic carbocycles. The van der Waals surface area contributed by atoms with Gasteiger partial charge in [0.05, 0.1) is 18.7 Å². The molecule has 0 saturated heterocycles. The van der Waals surface area contributed by atoms with Gasteiger partial charge in [-0.05, 0) is 0 Å². The van der Waals surface area contributed by atoms with Gasteiger partial charge < -0.3 is 15.4 Å². The standard InChI is InChI=1S/C16H21N3O2S/c1-21-10-9-17-7-8-18-15(20)11-14-12-22-16(19-14)13-5-3-2-4-6-13/h2-6,12,17H,7-11H2,1H3,(H,18,20). The predicted octanol–water partition coefficient (Wildman–Crippen LogP) is 1.70. The lowest BCUT2D eigenvalue weighted by Crippen LogP contribution is -2.33. The molecule has 0 saturated carbocycles. The van der Waals surface area contributed by atoms with Crippen LogP contribution in [0, 0.1) is 0 Å². The highest BCUT2D eigenvalue weighted by Crippen LogP contribution is 2.23. The Kier molecular flexibility index (Phi) is 7.02. The van der Waals surface area contributed by atoms with Crippen LogP contribution in [0.15, 0.2) is 35.7 Å². The maximum Gasteiger partial charge on any atom is 0.226 e. The largest absolute Gasteiger partial charge is 0.383 e. The number of nitrogens with zero attached hydrogens (tertiary/aromatic N) is 1. The molecule has 0 fully saturated rings. The first-order chi connectivity index (χ1) is 10.8. The first kappa shape index (κ1) is 16.6. The molecule has 5 nitrogen and oxygen atoms in total. The zero-order valence-corrected chi connectivity index (χ0v) is 13.5. The first-order valence-corrected chi connectivity index (χ1v) is 8.13. The molecule has 0 spiro atoms. The fourth-order valence-electron chi connectivity index (χ4n) is 1.92. The Morgan fingerprint density at radius 2 is 2.05 bits per heavy atom. The van der Waals surface area contributed by atoms with Crippen molar-refractivity contribution in [1.82, 2.24) is 15.6 Å². The van der Waals surface area contributed by atoms with E-state index in [9.17, 15) is 4.79 Å². The van der Waals surface area contributed by atoms with Gasteiger partial charge in [0.15, 0.2) is 0 Å². The molecule has 2 aromatic rings. The summed E-state index contributed by atoms with van der Waals surface area (Å²) in [5, 5.41) is 8.95. The van der Waals surface area contributed by atoms with Crippen molar-refractivity contribution in [2.75, 3.05) is 33.4 Å². The quantitative estimate of drug-likeness (QED) is 0.691. The third-order valence-corrected chi connectivity index (χ3v) is 3.96. The number of benzene rings is 1. The van der Waals surface area contributed by atoms with E-state index in [1.54, 1.807) is 18.4 Å². The number of ether oxygens (including phenoxy) is 1. The van der Waals surface area contributed by atoms with Crippen LogP contribution in [0.2, 0.25) is 0 Å². The summed E-state index contributed by atoms with van der Waals surface area (Å²) in [5.74, 6) is -0.00143. The molecule has 0 radical (unpaired) electrons. The van der Waals surface area contributed by atoms with E-state index in [2.05, 4.69) is 15.6 Å². The molecule has 22 heavy (non-hydrogen) atoms. The van der Waals surface area contributed by atoms with Crippen molar-refractivity contribution >= 4 is 17.2 Å². The van der Waals surface area contributed by atoms with Gasteiger partial charge >= 0.3 is 0 Å². The fraction of sp³-hybridized carbons (Fsp3) is 0.375. The topological polar surface area (TPSA) is 63.2 Å². The minimum absolute atomic E-state index is 0.00143. The van der Waals surface area contributed by atoms with Gasteiger partial charge in [0, 0.05) is 37.7 Å². The predicted molar refractivity (Wildman–Crippen MR) is 89.0 cm³/mol. The molecular weight excluding hydrogens is 298 g/mol. The summed E-state index contributed by atoms with van der Waals surface area (Å²) in [6.07, 6.45) is 0.321. The summed E-state index contributed by atoms with van der Waals surface area (Å²) in [7, 11) is 1.67. The Balaban J connectivity index is 1.72. The van der Waals surface area contributed by atoms with E-state index in [1.807, 2.05) is 35.7 Å². The lowest BCUT2D eigenvalue weighted by molar-refractivity contribution is -0.120. The van der Waals surface area contributed by atoms with Crippen LogP contribution in [-0.4, -0.2) is 44.2 Å². The lowest BCUT2D eigenvalue weighted by Gasteiger charge is -2.05. The minimum Gasteiger partial charge on any atom is -0.383 e. The highest BCUT2D eigenvalue weighted by Gasteiger charge is 2.08. The van der Waals surface area contributed by atoms with Crippen LogP contribution in [-0.2, 0) is 16.0 Å². The van der Waals surface area contributed by atoms with Gasteiger partial charge in [-0.1, -0.05) is 30.3 Å². The number of hydrogen-bond acceptors (Lipinski definition) is 5. The summed E-state index contributed by atoms with van der Waals surface area (Å²) in [6, 6.07) is 9.99. The number of carbonyl (C=O) groups is 1. The smallest absolute Gasteiger partial charge is 0.226 e. The Morgan fingerprint density at radius 3 is 2.82 bits per heavy atom. The number of hydrogen-bond donors (Lipinski definition) is 2. The number of methoxy groups -OCH3 is 1. The molecule has 118 valence electrons. The summed E-state index contributed by atoms with van der Waals surface area (Å²) in [5.41, 5.74) is 1.90. The van der Waals surface area contributed by atoms with Gasteiger partial charge in [-0.25, -0.2) is 4.98 Å². The van der Waals surface area contributed by atoms with Gasteiger partial charge in [0.25, 0.3) is 0 Å². The summed E-state index contributed by atoms with van der Waals surface area (Å²) in [6.45, 7) is 2.81. The van der Waals surface area contributed by atoms with E-state index < -0.39 is 0 Å². The molecule has 0 unspecified atom stereocenters. The van der Waals surface area contributed by atoms with Crippen LogP contribution < -0.4 is 10.6 Å². The molecule has 1 heterocycles. The normalized spacial score (nSPS) is 10.6. The third kappa shape index (κ3) is 5.55. The lowest BCUT2D eigenvalue weighted by atomic mass is 10.2.